The zero-order chi connectivity index (χ0) is 13.8. The van der Waals surface area contributed by atoms with Gasteiger partial charge >= 0.3 is 0 Å². The Morgan fingerprint density at radius 2 is 1.84 bits per heavy atom. The predicted octanol–water partition coefficient (Wildman–Crippen LogP) is 4.19. The molecule has 2 nitrogen and oxygen atoms in total. The monoisotopic (exact) mass is 263 g/mol. The van der Waals surface area contributed by atoms with Gasteiger partial charge in [-0.05, 0) is 56.5 Å². The number of ether oxygens (including phenoxy) is 1. The van der Waals surface area contributed by atoms with Gasteiger partial charge in [0, 0.05) is 0 Å². The number of aryl methyl sites for hydroxylation is 1. The van der Waals surface area contributed by atoms with E-state index in [2.05, 4.69) is 37.4 Å². The molecule has 19 heavy (non-hydrogen) atoms. The minimum atomic E-state index is 0.843. The van der Waals surface area contributed by atoms with Crippen LogP contribution in [0.15, 0.2) is 24.3 Å². The predicted molar refractivity (Wildman–Crippen MR) is 82.9 cm³/mol. The van der Waals surface area contributed by atoms with Gasteiger partial charge in [0.2, 0.25) is 0 Å². The summed E-state index contributed by atoms with van der Waals surface area (Å²) in [5.41, 5.74) is 1.35. The van der Waals surface area contributed by atoms with E-state index < -0.39 is 0 Å². The lowest BCUT2D eigenvalue weighted by Crippen LogP contribution is -2.15. The van der Waals surface area contributed by atoms with E-state index >= 15 is 0 Å². The molecule has 1 aromatic carbocycles. The van der Waals surface area contributed by atoms with Crippen molar-refractivity contribution in [2.45, 2.75) is 52.4 Å². The second-order valence-corrected chi connectivity index (χ2v) is 5.01. The number of hydrogen-bond donors (Lipinski definition) is 1. The van der Waals surface area contributed by atoms with Gasteiger partial charge in [-0.2, -0.15) is 0 Å². The molecule has 1 rings (SSSR count). The highest BCUT2D eigenvalue weighted by Crippen LogP contribution is 2.14. The first kappa shape index (κ1) is 16.0. The van der Waals surface area contributed by atoms with Gasteiger partial charge in [-0.25, -0.2) is 0 Å². The molecule has 0 aliphatic heterocycles. The molecule has 0 saturated heterocycles. The molecule has 2 heteroatoms. The van der Waals surface area contributed by atoms with Gasteiger partial charge in [-0.3, -0.25) is 0 Å². The molecule has 0 radical (unpaired) electrons. The van der Waals surface area contributed by atoms with Crippen molar-refractivity contribution < 1.29 is 4.74 Å². The highest BCUT2D eigenvalue weighted by Gasteiger charge is 1.96. The van der Waals surface area contributed by atoms with Crippen LogP contribution in [0.3, 0.4) is 0 Å². The van der Waals surface area contributed by atoms with Crippen molar-refractivity contribution in [2.24, 2.45) is 0 Å². The van der Waals surface area contributed by atoms with E-state index in [0.717, 1.165) is 38.3 Å². The Labute approximate surface area is 118 Å². The first-order valence-electron chi connectivity index (χ1n) is 7.79. The second kappa shape index (κ2) is 10.9. The van der Waals surface area contributed by atoms with E-state index in [-0.39, 0.29) is 0 Å². The van der Waals surface area contributed by atoms with Gasteiger partial charge in [0.15, 0.2) is 0 Å². The SMILES string of the molecule is CCCNCCCCCCOc1cccc(CC)c1. The van der Waals surface area contributed by atoms with Crippen LogP contribution < -0.4 is 10.1 Å². The lowest BCUT2D eigenvalue weighted by Gasteiger charge is -2.07. The fourth-order valence-electron chi connectivity index (χ4n) is 2.05. The summed E-state index contributed by atoms with van der Waals surface area (Å²) in [7, 11) is 0. The molecule has 0 bridgehead atoms. The molecular formula is C17H29NO. The molecule has 1 aromatic rings. The van der Waals surface area contributed by atoms with Crippen LogP contribution in [0, 0.1) is 0 Å². The summed E-state index contributed by atoms with van der Waals surface area (Å²) in [6, 6.07) is 8.42. The third-order valence-corrected chi connectivity index (χ3v) is 3.25. The van der Waals surface area contributed by atoms with E-state index in [1.165, 1.54) is 31.2 Å². The Hall–Kier alpha value is -1.02. The van der Waals surface area contributed by atoms with Gasteiger partial charge in [-0.15, -0.1) is 0 Å². The normalized spacial score (nSPS) is 10.6. The minimum Gasteiger partial charge on any atom is -0.494 e. The van der Waals surface area contributed by atoms with E-state index in [1.54, 1.807) is 0 Å². The Kier molecular flexibility index (Phi) is 9.17. The molecule has 0 aliphatic rings. The van der Waals surface area contributed by atoms with Crippen LogP contribution in [0.2, 0.25) is 0 Å². The molecule has 0 saturated carbocycles. The number of nitrogens with one attached hydrogen (secondary N) is 1. The summed E-state index contributed by atoms with van der Waals surface area (Å²) in [4.78, 5) is 0. The van der Waals surface area contributed by atoms with E-state index in [4.69, 9.17) is 4.74 Å². The second-order valence-electron chi connectivity index (χ2n) is 5.01. The number of benzene rings is 1. The van der Waals surface area contributed by atoms with Gasteiger partial charge in [0.05, 0.1) is 6.61 Å². The molecule has 0 fully saturated rings. The molecule has 0 atom stereocenters. The molecule has 0 heterocycles. The molecule has 0 aromatic heterocycles. The fraction of sp³-hybridized carbons (Fsp3) is 0.647. The lowest BCUT2D eigenvalue weighted by atomic mass is 10.1. The van der Waals surface area contributed by atoms with E-state index in [0.29, 0.717) is 0 Å². The maximum absolute atomic E-state index is 5.78. The minimum absolute atomic E-state index is 0.843. The lowest BCUT2D eigenvalue weighted by molar-refractivity contribution is 0.304. The van der Waals surface area contributed by atoms with Gasteiger partial charge in [-0.1, -0.05) is 38.8 Å². The Morgan fingerprint density at radius 1 is 1.00 bits per heavy atom. The zero-order valence-electron chi connectivity index (χ0n) is 12.6. The smallest absolute Gasteiger partial charge is 0.119 e. The average molecular weight is 263 g/mol. The highest BCUT2D eigenvalue weighted by atomic mass is 16.5. The molecule has 0 spiro atoms. The van der Waals surface area contributed by atoms with E-state index in [9.17, 15) is 0 Å². The number of hydrogen-bond acceptors (Lipinski definition) is 2. The van der Waals surface area contributed by atoms with Gasteiger partial charge in [0.25, 0.3) is 0 Å². The Balaban J connectivity index is 1.98. The van der Waals surface area contributed by atoms with Crippen molar-refractivity contribution >= 4 is 0 Å². The summed E-state index contributed by atoms with van der Waals surface area (Å²) < 4.78 is 5.78. The third kappa shape index (κ3) is 7.89. The maximum Gasteiger partial charge on any atom is 0.119 e. The van der Waals surface area contributed by atoms with Crippen molar-refractivity contribution in [3.8, 4) is 5.75 Å². The largest absolute Gasteiger partial charge is 0.494 e. The Morgan fingerprint density at radius 3 is 2.63 bits per heavy atom. The van der Waals surface area contributed by atoms with Gasteiger partial charge in [0.1, 0.15) is 5.75 Å². The molecule has 0 amide bonds. The van der Waals surface area contributed by atoms with Crippen LogP contribution in [0.1, 0.15) is 51.5 Å². The topological polar surface area (TPSA) is 21.3 Å². The first-order valence-corrected chi connectivity index (χ1v) is 7.79. The van der Waals surface area contributed by atoms with Crippen molar-refractivity contribution in [1.82, 2.24) is 5.32 Å². The summed E-state index contributed by atoms with van der Waals surface area (Å²) in [6.07, 6.45) is 7.30. The Bertz CT molecular complexity index is 325. The van der Waals surface area contributed by atoms with Crippen molar-refractivity contribution in [3.05, 3.63) is 29.8 Å². The fourth-order valence-corrected chi connectivity index (χ4v) is 2.05. The van der Waals surface area contributed by atoms with E-state index in [1.807, 2.05) is 6.07 Å². The first-order chi connectivity index (χ1) is 9.36. The standard InChI is InChI=1S/C17H29NO/c1-3-12-18-13-7-5-6-8-14-19-17-11-9-10-16(4-2)15-17/h9-11,15,18H,3-8,12-14H2,1-2H3. The van der Waals surface area contributed by atoms with Crippen molar-refractivity contribution in [3.63, 3.8) is 0 Å². The molecule has 1 N–H and O–H groups in total. The summed E-state index contributed by atoms with van der Waals surface area (Å²) in [5.74, 6) is 1.02. The third-order valence-electron chi connectivity index (χ3n) is 3.25. The van der Waals surface area contributed by atoms with Crippen LogP contribution in [-0.2, 0) is 6.42 Å². The molecule has 0 aliphatic carbocycles. The van der Waals surface area contributed by atoms with Crippen LogP contribution >= 0.6 is 0 Å². The van der Waals surface area contributed by atoms with Gasteiger partial charge < -0.3 is 10.1 Å². The van der Waals surface area contributed by atoms with Crippen LogP contribution in [0.5, 0.6) is 5.75 Å². The maximum atomic E-state index is 5.78. The summed E-state index contributed by atoms with van der Waals surface area (Å²) in [5, 5.41) is 3.43. The average Bonchev–Trinajstić information content (AvgIpc) is 2.46. The number of unbranched alkanes of at least 4 members (excludes halogenated alkanes) is 3. The quantitative estimate of drug-likeness (QED) is 0.604. The van der Waals surface area contributed by atoms with Crippen molar-refractivity contribution in [1.29, 1.82) is 0 Å². The zero-order valence-corrected chi connectivity index (χ0v) is 12.6. The van der Waals surface area contributed by atoms with Crippen LogP contribution in [0.4, 0.5) is 0 Å². The van der Waals surface area contributed by atoms with Crippen LogP contribution in [0.25, 0.3) is 0 Å². The van der Waals surface area contributed by atoms with Crippen LogP contribution in [-0.4, -0.2) is 19.7 Å². The summed E-state index contributed by atoms with van der Waals surface area (Å²) >= 11 is 0. The summed E-state index contributed by atoms with van der Waals surface area (Å²) in [6.45, 7) is 7.53. The van der Waals surface area contributed by atoms with Crippen molar-refractivity contribution in [2.75, 3.05) is 19.7 Å². The molecular weight excluding hydrogens is 234 g/mol. The molecule has 0 unspecified atom stereocenters. The number of rotatable bonds is 11. The highest BCUT2D eigenvalue weighted by molar-refractivity contribution is 5.28. The molecule has 108 valence electrons.